The first-order valence-corrected chi connectivity index (χ1v) is 10.6. The third-order valence-electron chi connectivity index (χ3n) is 5.34. The number of aliphatic hydroxyl groups is 1. The van der Waals surface area contributed by atoms with Gasteiger partial charge in [-0.1, -0.05) is 28.1 Å². The number of aromatic nitrogens is 2. The Kier molecular flexibility index (Phi) is 4.89. The molecule has 150 valence electrons. The lowest BCUT2D eigenvalue weighted by atomic mass is 10.0. The Morgan fingerprint density at radius 1 is 1.10 bits per heavy atom. The van der Waals surface area contributed by atoms with Gasteiger partial charge in [-0.3, -0.25) is 9.78 Å². The Balaban J connectivity index is 1.79. The van der Waals surface area contributed by atoms with E-state index in [4.69, 9.17) is 9.84 Å². The van der Waals surface area contributed by atoms with Crippen molar-refractivity contribution in [1.29, 1.82) is 0 Å². The first kappa shape index (κ1) is 19.0. The Labute approximate surface area is 181 Å². The Hall–Kier alpha value is -2.96. The molecule has 0 spiro atoms. The molecule has 2 aromatic carbocycles. The molecule has 6 heteroatoms. The number of hydrogen-bond donors (Lipinski definition) is 1. The Bertz CT molecular complexity index is 1410. The number of rotatable bonds is 6. The lowest BCUT2D eigenvalue weighted by molar-refractivity contribution is 0.234. The van der Waals surface area contributed by atoms with E-state index >= 15 is 0 Å². The zero-order valence-electron chi connectivity index (χ0n) is 16.1. The number of fused-ring (bicyclic) bond motifs is 3. The minimum atomic E-state index is 0.00540. The maximum absolute atomic E-state index is 13.4. The molecule has 0 fully saturated rings. The number of halogens is 1. The molecule has 0 aliphatic rings. The fraction of sp³-hybridized carbons (Fsp3) is 0.167. The van der Waals surface area contributed by atoms with E-state index in [9.17, 15) is 4.79 Å². The van der Waals surface area contributed by atoms with Crippen molar-refractivity contribution in [3.63, 3.8) is 0 Å². The third-order valence-corrected chi connectivity index (χ3v) is 5.84. The molecular formula is C24H19BrN2O3. The molecule has 0 aliphatic heterocycles. The first-order valence-electron chi connectivity index (χ1n) is 9.81. The topological polar surface area (TPSA) is 63.8 Å². The number of hydrogen-bond acceptors (Lipinski definition) is 4. The monoisotopic (exact) mass is 462 g/mol. The summed E-state index contributed by atoms with van der Waals surface area (Å²) in [5, 5.41) is 11.7. The van der Waals surface area contributed by atoms with Gasteiger partial charge in [-0.25, -0.2) is 0 Å². The highest BCUT2D eigenvalue weighted by Crippen LogP contribution is 2.35. The molecule has 5 nitrogen and oxygen atoms in total. The van der Waals surface area contributed by atoms with Crippen LogP contribution >= 0.6 is 15.9 Å². The van der Waals surface area contributed by atoms with E-state index in [0.29, 0.717) is 36.1 Å². The summed E-state index contributed by atoms with van der Waals surface area (Å²) in [5.41, 5.74) is 3.64. The van der Waals surface area contributed by atoms with Gasteiger partial charge in [0.05, 0.1) is 23.0 Å². The summed E-state index contributed by atoms with van der Waals surface area (Å²) in [6, 6.07) is 13.8. The lowest BCUT2D eigenvalue weighted by Crippen LogP contribution is -2.12. The highest BCUT2D eigenvalue weighted by atomic mass is 79.9. The maximum Gasteiger partial charge on any atom is 0.193 e. The summed E-state index contributed by atoms with van der Waals surface area (Å²) in [7, 11) is 0. The fourth-order valence-electron chi connectivity index (χ4n) is 4.01. The van der Waals surface area contributed by atoms with Gasteiger partial charge in [0.15, 0.2) is 5.43 Å². The van der Waals surface area contributed by atoms with E-state index in [1.54, 1.807) is 12.4 Å². The molecule has 5 rings (SSSR count). The molecule has 0 saturated carbocycles. The van der Waals surface area contributed by atoms with Crippen LogP contribution in [0.3, 0.4) is 0 Å². The zero-order valence-corrected chi connectivity index (χ0v) is 17.7. The predicted molar refractivity (Wildman–Crippen MR) is 122 cm³/mol. The Morgan fingerprint density at radius 3 is 2.77 bits per heavy atom. The molecule has 0 amide bonds. The second-order valence-corrected chi connectivity index (χ2v) is 8.26. The normalized spacial score (nSPS) is 11.7. The summed E-state index contributed by atoms with van der Waals surface area (Å²) in [4.78, 5) is 17.6. The van der Waals surface area contributed by atoms with Crippen molar-refractivity contribution in [1.82, 2.24) is 9.38 Å². The number of nitrogens with zero attached hydrogens (tertiary/aromatic N) is 2. The molecule has 0 aliphatic carbocycles. The van der Waals surface area contributed by atoms with Gasteiger partial charge in [-0.2, -0.15) is 0 Å². The second kappa shape index (κ2) is 7.70. The van der Waals surface area contributed by atoms with Crippen LogP contribution < -0.4 is 10.2 Å². The molecule has 5 aromatic rings. The van der Waals surface area contributed by atoms with Crippen molar-refractivity contribution < 1.29 is 9.84 Å². The average molecular weight is 463 g/mol. The second-order valence-electron chi connectivity index (χ2n) is 7.35. The van der Waals surface area contributed by atoms with Crippen molar-refractivity contribution in [2.45, 2.75) is 12.8 Å². The average Bonchev–Trinajstić information content (AvgIpc) is 3.05. The minimum Gasteiger partial charge on any atom is -0.493 e. The van der Waals surface area contributed by atoms with Crippen molar-refractivity contribution in [3.8, 4) is 5.75 Å². The van der Waals surface area contributed by atoms with E-state index in [1.807, 2.05) is 36.5 Å². The van der Waals surface area contributed by atoms with Gasteiger partial charge in [-0.05, 0) is 35.9 Å². The van der Waals surface area contributed by atoms with Crippen molar-refractivity contribution in [3.05, 3.63) is 86.9 Å². The number of ether oxygens (including phenoxy) is 1. The van der Waals surface area contributed by atoms with E-state index in [2.05, 4.69) is 37.4 Å². The molecule has 3 heterocycles. The van der Waals surface area contributed by atoms with Crippen LogP contribution in [-0.2, 0) is 6.42 Å². The zero-order chi connectivity index (χ0) is 20.7. The summed E-state index contributed by atoms with van der Waals surface area (Å²) in [5.74, 6) is 0.642. The van der Waals surface area contributed by atoms with Gasteiger partial charge < -0.3 is 14.2 Å². The molecular weight excluding hydrogens is 444 g/mol. The summed E-state index contributed by atoms with van der Waals surface area (Å²) in [6.07, 6.45) is 6.52. The van der Waals surface area contributed by atoms with E-state index < -0.39 is 0 Å². The molecule has 30 heavy (non-hydrogen) atoms. The SMILES string of the molecule is O=c1c(Cc2cccnc2)cn2c3cc(Br)ccc3c3cc(OCCCO)cc1c32. The van der Waals surface area contributed by atoms with Crippen molar-refractivity contribution in [2.24, 2.45) is 0 Å². The highest BCUT2D eigenvalue weighted by molar-refractivity contribution is 9.10. The molecule has 0 atom stereocenters. The van der Waals surface area contributed by atoms with Crippen LogP contribution in [0.4, 0.5) is 0 Å². The van der Waals surface area contributed by atoms with Gasteiger partial charge in [-0.15, -0.1) is 0 Å². The van der Waals surface area contributed by atoms with Crippen LogP contribution in [0.1, 0.15) is 17.5 Å². The fourth-order valence-corrected chi connectivity index (χ4v) is 4.36. The Morgan fingerprint density at radius 2 is 1.97 bits per heavy atom. The van der Waals surface area contributed by atoms with E-state index in [1.165, 1.54) is 0 Å². The minimum absolute atomic E-state index is 0.00540. The predicted octanol–water partition coefficient (Wildman–Crippen LogP) is 4.55. The number of pyridine rings is 2. The van der Waals surface area contributed by atoms with Gasteiger partial charge in [0.1, 0.15) is 5.75 Å². The maximum atomic E-state index is 13.4. The van der Waals surface area contributed by atoms with Gasteiger partial charge in [0.2, 0.25) is 0 Å². The van der Waals surface area contributed by atoms with Gasteiger partial charge in [0.25, 0.3) is 0 Å². The lowest BCUT2D eigenvalue weighted by Gasteiger charge is -2.09. The smallest absolute Gasteiger partial charge is 0.193 e. The van der Waals surface area contributed by atoms with Gasteiger partial charge in [0, 0.05) is 58.8 Å². The largest absolute Gasteiger partial charge is 0.493 e. The summed E-state index contributed by atoms with van der Waals surface area (Å²) < 4.78 is 8.93. The van der Waals surface area contributed by atoms with Crippen LogP contribution in [0.5, 0.6) is 5.75 Å². The molecule has 0 saturated heterocycles. The standard InChI is InChI=1S/C24H19BrN2O3/c25-17-4-5-19-20-11-18(30-8-2-7-28)12-21-23(20)27(22(19)10-17)14-16(24(21)29)9-15-3-1-6-26-13-15/h1,3-6,10-14,28H,2,7-9H2. The molecule has 3 aromatic heterocycles. The molecule has 0 unspecified atom stereocenters. The molecule has 0 bridgehead atoms. The van der Waals surface area contributed by atoms with Crippen LogP contribution in [0, 0.1) is 0 Å². The van der Waals surface area contributed by atoms with E-state index in [-0.39, 0.29) is 12.0 Å². The van der Waals surface area contributed by atoms with Crippen LogP contribution in [0.15, 0.2) is 70.3 Å². The molecule has 1 N–H and O–H groups in total. The highest BCUT2D eigenvalue weighted by Gasteiger charge is 2.18. The van der Waals surface area contributed by atoms with Crippen LogP contribution in [0.2, 0.25) is 0 Å². The van der Waals surface area contributed by atoms with Crippen LogP contribution in [-0.4, -0.2) is 27.7 Å². The first-order chi connectivity index (χ1) is 14.7. The summed E-state index contributed by atoms with van der Waals surface area (Å²) in [6.45, 7) is 0.470. The molecule has 0 radical (unpaired) electrons. The number of aliphatic hydroxyl groups excluding tert-OH is 1. The van der Waals surface area contributed by atoms with E-state index in [0.717, 1.165) is 31.8 Å². The van der Waals surface area contributed by atoms with Crippen molar-refractivity contribution >= 4 is 43.1 Å². The van der Waals surface area contributed by atoms with Crippen LogP contribution in [0.25, 0.3) is 27.2 Å². The quantitative estimate of drug-likeness (QED) is 0.376. The third kappa shape index (κ3) is 3.22. The summed E-state index contributed by atoms with van der Waals surface area (Å²) >= 11 is 3.57. The number of benzene rings is 2. The van der Waals surface area contributed by atoms with Gasteiger partial charge >= 0.3 is 0 Å². The van der Waals surface area contributed by atoms with Crippen molar-refractivity contribution in [2.75, 3.05) is 13.2 Å².